The number of amides is 1. The van der Waals surface area contributed by atoms with Gasteiger partial charge in [0, 0.05) is 12.7 Å². The number of fused-ring (bicyclic) bond motifs is 1. The number of carbonyl (C=O) groups is 1. The van der Waals surface area contributed by atoms with Crippen molar-refractivity contribution in [3.8, 4) is 0 Å². The number of nitrogens with one attached hydrogen (secondary N) is 1. The SMILES string of the molecule is CC(C)CC1Nc2ccccc2C(=O)N1C. The Morgan fingerprint density at radius 1 is 1.38 bits per heavy atom. The molecular formula is C13H18N2O. The Morgan fingerprint density at radius 2 is 2.06 bits per heavy atom. The van der Waals surface area contributed by atoms with Gasteiger partial charge < -0.3 is 10.2 Å². The molecule has 0 aliphatic carbocycles. The summed E-state index contributed by atoms with van der Waals surface area (Å²) in [5, 5.41) is 3.41. The largest absolute Gasteiger partial charge is 0.364 e. The molecule has 0 aromatic heterocycles. The second kappa shape index (κ2) is 4.16. The van der Waals surface area contributed by atoms with Gasteiger partial charge in [-0.1, -0.05) is 26.0 Å². The van der Waals surface area contributed by atoms with Gasteiger partial charge in [0.25, 0.3) is 5.91 Å². The summed E-state index contributed by atoms with van der Waals surface area (Å²) < 4.78 is 0. The molecule has 0 bridgehead atoms. The molecule has 3 nitrogen and oxygen atoms in total. The average Bonchev–Trinajstić information content (AvgIpc) is 2.25. The highest BCUT2D eigenvalue weighted by molar-refractivity contribution is 6.01. The van der Waals surface area contributed by atoms with Gasteiger partial charge in [-0.3, -0.25) is 4.79 Å². The molecule has 1 aliphatic rings. The summed E-state index contributed by atoms with van der Waals surface area (Å²) in [7, 11) is 1.86. The van der Waals surface area contributed by atoms with Crippen molar-refractivity contribution in [1.29, 1.82) is 0 Å². The van der Waals surface area contributed by atoms with Crippen LogP contribution in [0, 0.1) is 5.92 Å². The van der Waals surface area contributed by atoms with Crippen molar-refractivity contribution in [3.63, 3.8) is 0 Å². The summed E-state index contributed by atoms with van der Waals surface area (Å²) in [5.74, 6) is 0.679. The zero-order valence-corrected chi connectivity index (χ0v) is 10.0. The Bertz CT molecular complexity index is 401. The van der Waals surface area contributed by atoms with E-state index < -0.39 is 0 Å². The summed E-state index contributed by atoms with van der Waals surface area (Å²) in [6.45, 7) is 4.33. The number of anilines is 1. The number of benzene rings is 1. The molecule has 3 heteroatoms. The Hall–Kier alpha value is -1.51. The number of hydrogen-bond donors (Lipinski definition) is 1. The fourth-order valence-corrected chi connectivity index (χ4v) is 2.07. The van der Waals surface area contributed by atoms with Gasteiger partial charge in [0.2, 0.25) is 0 Å². The average molecular weight is 218 g/mol. The summed E-state index contributed by atoms with van der Waals surface area (Å²) in [4.78, 5) is 13.9. The molecule has 0 fully saturated rings. The van der Waals surface area contributed by atoms with E-state index in [4.69, 9.17) is 0 Å². The number of hydrogen-bond acceptors (Lipinski definition) is 2. The van der Waals surface area contributed by atoms with E-state index in [0.29, 0.717) is 5.92 Å². The molecule has 1 amide bonds. The van der Waals surface area contributed by atoms with E-state index in [0.717, 1.165) is 17.7 Å². The number of carbonyl (C=O) groups excluding carboxylic acids is 1. The zero-order chi connectivity index (χ0) is 11.7. The molecular weight excluding hydrogens is 200 g/mol. The Morgan fingerprint density at radius 3 is 2.75 bits per heavy atom. The van der Waals surface area contributed by atoms with Crippen molar-refractivity contribution in [2.75, 3.05) is 12.4 Å². The van der Waals surface area contributed by atoms with E-state index in [1.54, 1.807) is 4.90 Å². The molecule has 0 radical (unpaired) electrons. The highest BCUT2D eigenvalue weighted by Gasteiger charge is 2.28. The quantitative estimate of drug-likeness (QED) is 0.827. The molecule has 1 N–H and O–H groups in total. The Kier molecular flexibility index (Phi) is 2.86. The summed E-state index contributed by atoms with van der Waals surface area (Å²) in [6, 6.07) is 7.69. The molecule has 1 atom stereocenters. The first-order valence-electron chi connectivity index (χ1n) is 5.72. The minimum Gasteiger partial charge on any atom is -0.364 e. The van der Waals surface area contributed by atoms with Gasteiger partial charge >= 0.3 is 0 Å². The third kappa shape index (κ3) is 1.90. The van der Waals surface area contributed by atoms with Crippen LogP contribution >= 0.6 is 0 Å². The lowest BCUT2D eigenvalue weighted by atomic mass is 10.0. The van der Waals surface area contributed by atoms with E-state index in [9.17, 15) is 4.79 Å². The van der Waals surface area contributed by atoms with Crippen molar-refractivity contribution in [3.05, 3.63) is 29.8 Å². The van der Waals surface area contributed by atoms with Gasteiger partial charge in [-0.2, -0.15) is 0 Å². The minimum absolute atomic E-state index is 0.111. The van der Waals surface area contributed by atoms with Crippen molar-refractivity contribution < 1.29 is 4.79 Å². The molecule has 1 aliphatic heterocycles. The molecule has 1 aromatic rings. The zero-order valence-electron chi connectivity index (χ0n) is 10.0. The smallest absolute Gasteiger partial charge is 0.257 e. The number of nitrogens with zero attached hydrogens (tertiary/aromatic N) is 1. The fourth-order valence-electron chi connectivity index (χ4n) is 2.07. The molecule has 0 spiro atoms. The van der Waals surface area contributed by atoms with Crippen LogP contribution in [0.15, 0.2) is 24.3 Å². The van der Waals surface area contributed by atoms with Gasteiger partial charge in [0.15, 0.2) is 0 Å². The van der Waals surface area contributed by atoms with Crippen LogP contribution in [0.2, 0.25) is 0 Å². The van der Waals surface area contributed by atoms with Crippen molar-refractivity contribution in [2.24, 2.45) is 5.92 Å². The van der Waals surface area contributed by atoms with Crippen molar-refractivity contribution >= 4 is 11.6 Å². The predicted octanol–water partition coefficient (Wildman–Crippen LogP) is 2.56. The summed E-state index contributed by atoms with van der Waals surface area (Å²) in [6.07, 6.45) is 1.08. The second-order valence-corrected chi connectivity index (χ2v) is 4.75. The lowest BCUT2D eigenvalue weighted by Crippen LogP contribution is -2.46. The third-order valence-corrected chi connectivity index (χ3v) is 2.96. The van der Waals surface area contributed by atoms with Crippen LogP contribution in [0.5, 0.6) is 0 Å². The summed E-state index contributed by atoms with van der Waals surface area (Å²) in [5.41, 5.74) is 1.72. The molecule has 86 valence electrons. The fraction of sp³-hybridized carbons (Fsp3) is 0.462. The van der Waals surface area contributed by atoms with E-state index in [1.165, 1.54) is 0 Å². The Labute approximate surface area is 96.5 Å². The van der Waals surface area contributed by atoms with Crippen LogP contribution in [-0.4, -0.2) is 24.0 Å². The van der Waals surface area contributed by atoms with Gasteiger partial charge in [-0.15, -0.1) is 0 Å². The monoisotopic (exact) mass is 218 g/mol. The third-order valence-electron chi connectivity index (χ3n) is 2.96. The first-order chi connectivity index (χ1) is 7.59. The van der Waals surface area contributed by atoms with Crippen LogP contribution in [0.3, 0.4) is 0 Å². The van der Waals surface area contributed by atoms with Crippen molar-refractivity contribution in [1.82, 2.24) is 4.90 Å². The predicted molar refractivity (Wildman–Crippen MR) is 65.4 cm³/mol. The van der Waals surface area contributed by atoms with Crippen LogP contribution < -0.4 is 5.32 Å². The van der Waals surface area contributed by atoms with Gasteiger partial charge in [-0.05, 0) is 24.5 Å². The second-order valence-electron chi connectivity index (χ2n) is 4.75. The molecule has 1 unspecified atom stereocenters. The minimum atomic E-state index is 0.111. The Balaban J connectivity index is 2.28. The highest BCUT2D eigenvalue weighted by atomic mass is 16.2. The van der Waals surface area contributed by atoms with Gasteiger partial charge in [-0.25, -0.2) is 0 Å². The van der Waals surface area contributed by atoms with Crippen LogP contribution in [0.25, 0.3) is 0 Å². The first-order valence-corrected chi connectivity index (χ1v) is 5.72. The number of para-hydroxylation sites is 1. The molecule has 1 heterocycles. The van der Waals surface area contributed by atoms with Crippen LogP contribution in [-0.2, 0) is 0 Å². The molecule has 0 saturated carbocycles. The van der Waals surface area contributed by atoms with Gasteiger partial charge in [0.1, 0.15) is 6.17 Å². The van der Waals surface area contributed by atoms with E-state index in [1.807, 2.05) is 31.3 Å². The van der Waals surface area contributed by atoms with E-state index in [2.05, 4.69) is 19.2 Å². The topological polar surface area (TPSA) is 32.3 Å². The maximum absolute atomic E-state index is 12.1. The van der Waals surface area contributed by atoms with Gasteiger partial charge in [0.05, 0.1) is 5.56 Å². The maximum Gasteiger partial charge on any atom is 0.257 e. The number of rotatable bonds is 2. The standard InChI is InChI=1S/C13H18N2O/c1-9(2)8-12-14-11-7-5-4-6-10(11)13(16)15(12)3/h4-7,9,12,14H,8H2,1-3H3. The normalized spacial score (nSPS) is 19.6. The maximum atomic E-state index is 12.1. The van der Waals surface area contributed by atoms with Crippen LogP contribution in [0.4, 0.5) is 5.69 Å². The lowest BCUT2D eigenvalue weighted by molar-refractivity contribution is 0.0721. The van der Waals surface area contributed by atoms with Crippen molar-refractivity contribution in [2.45, 2.75) is 26.4 Å². The summed E-state index contributed by atoms with van der Waals surface area (Å²) >= 11 is 0. The van der Waals surface area contributed by atoms with E-state index >= 15 is 0 Å². The van der Waals surface area contributed by atoms with E-state index in [-0.39, 0.29) is 12.1 Å². The highest BCUT2D eigenvalue weighted by Crippen LogP contribution is 2.26. The lowest BCUT2D eigenvalue weighted by Gasteiger charge is -2.36. The molecule has 0 saturated heterocycles. The first kappa shape index (κ1) is 11.0. The molecule has 2 rings (SSSR count). The molecule has 1 aromatic carbocycles. The van der Waals surface area contributed by atoms with Crippen LogP contribution in [0.1, 0.15) is 30.6 Å². The molecule has 16 heavy (non-hydrogen) atoms.